The highest BCUT2D eigenvalue weighted by Gasteiger charge is 2.25. The zero-order valence-corrected chi connectivity index (χ0v) is 8.31. The molecule has 0 amide bonds. The van der Waals surface area contributed by atoms with Crippen LogP contribution < -0.4 is 0 Å². The van der Waals surface area contributed by atoms with Crippen molar-refractivity contribution in [3.8, 4) is 0 Å². The Kier molecular flexibility index (Phi) is 2.79. The smallest absolute Gasteiger partial charge is 0.101 e. The van der Waals surface area contributed by atoms with E-state index in [2.05, 4.69) is 4.98 Å². The Balaban J connectivity index is 2.13. The van der Waals surface area contributed by atoms with E-state index in [-0.39, 0.29) is 5.92 Å². The quantitative estimate of drug-likeness (QED) is 0.773. The molecule has 3 heteroatoms. The Morgan fingerprint density at radius 1 is 1.57 bits per heavy atom. The lowest BCUT2D eigenvalue weighted by Gasteiger charge is -2.15. The van der Waals surface area contributed by atoms with Crippen LogP contribution in [0.2, 0.25) is 0 Å². The topological polar surface area (TPSA) is 42.4 Å². The summed E-state index contributed by atoms with van der Waals surface area (Å²) in [6.07, 6.45) is 0.453. The highest BCUT2D eigenvalue weighted by atomic mass is 16.5. The number of hydrogen-bond donors (Lipinski definition) is 1. The molecule has 2 heterocycles. The van der Waals surface area contributed by atoms with E-state index in [9.17, 15) is 5.11 Å². The number of aliphatic hydroxyl groups excluding tert-OH is 1. The summed E-state index contributed by atoms with van der Waals surface area (Å²) in [5, 5.41) is 10.0. The van der Waals surface area contributed by atoms with Crippen molar-refractivity contribution in [2.75, 3.05) is 13.2 Å². The molecule has 76 valence electrons. The van der Waals surface area contributed by atoms with Crippen molar-refractivity contribution >= 4 is 0 Å². The highest BCUT2D eigenvalue weighted by Crippen LogP contribution is 2.27. The fourth-order valence-corrected chi connectivity index (χ4v) is 1.77. The number of rotatable bonds is 2. The van der Waals surface area contributed by atoms with Gasteiger partial charge < -0.3 is 9.84 Å². The number of aliphatic hydroxyl groups is 1. The van der Waals surface area contributed by atoms with Gasteiger partial charge in [-0.15, -0.1) is 0 Å². The van der Waals surface area contributed by atoms with Crippen LogP contribution in [0.1, 0.15) is 23.9 Å². The normalized spacial score (nSPS) is 23.7. The van der Waals surface area contributed by atoms with Crippen molar-refractivity contribution < 1.29 is 9.84 Å². The molecule has 2 atom stereocenters. The Morgan fingerprint density at radius 2 is 2.43 bits per heavy atom. The maximum Gasteiger partial charge on any atom is 0.101 e. The van der Waals surface area contributed by atoms with Gasteiger partial charge in [-0.2, -0.15) is 0 Å². The van der Waals surface area contributed by atoms with Crippen molar-refractivity contribution in [3.05, 3.63) is 29.6 Å². The van der Waals surface area contributed by atoms with E-state index >= 15 is 0 Å². The number of aryl methyl sites for hydroxylation is 1. The van der Waals surface area contributed by atoms with Crippen LogP contribution in [0, 0.1) is 12.8 Å². The van der Waals surface area contributed by atoms with Crippen LogP contribution in [0.5, 0.6) is 0 Å². The van der Waals surface area contributed by atoms with Gasteiger partial charge in [0.05, 0.1) is 12.3 Å². The predicted molar refractivity (Wildman–Crippen MR) is 52.9 cm³/mol. The van der Waals surface area contributed by atoms with Crippen molar-refractivity contribution in [1.29, 1.82) is 0 Å². The maximum atomic E-state index is 10.0. The summed E-state index contributed by atoms with van der Waals surface area (Å²) in [4.78, 5) is 4.31. The van der Waals surface area contributed by atoms with Crippen LogP contribution in [0.4, 0.5) is 0 Å². The molecule has 1 aliphatic rings. The van der Waals surface area contributed by atoms with E-state index in [0.717, 1.165) is 24.4 Å². The number of nitrogens with zero attached hydrogens (tertiary/aromatic N) is 1. The van der Waals surface area contributed by atoms with Crippen LogP contribution in [0.15, 0.2) is 18.2 Å². The molecule has 3 nitrogen and oxygen atoms in total. The van der Waals surface area contributed by atoms with Crippen LogP contribution in [-0.2, 0) is 4.74 Å². The molecular formula is C11H15NO2. The van der Waals surface area contributed by atoms with Gasteiger partial charge in [-0.1, -0.05) is 6.07 Å². The van der Waals surface area contributed by atoms with Gasteiger partial charge in [-0.25, -0.2) is 0 Å². The zero-order valence-electron chi connectivity index (χ0n) is 8.31. The first-order valence-corrected chi connectivity index (χ1v) is 4.97. The number of hydrogen-bond acceptors (Lipinski definition) is 3. The Bertz CT molecular complexity index is 308. The van der Waals surface area contributed by atoms with Crippen LogP contribution >= 0.6 is 0 Å². The SMILES string of the molecule is Cc1cccc(C(O)C2CCOC2)n1. The summed E-state index contributed by atoms with van der Waals surface area (Å²) in [5.41, 5.74) is 1.71. The summed E-state index contributed by atoms with van der Waals surface area (Å²) in [6.45, 7) is 3.34. The summed E-state index contributed by atoms with van der Waals surface area (Å²) in [5.74, 6) is 0.212. The third-order valence-corrected chi connectivity index (χ3v) is 2.62. The fraction of sp³-hybridized carbons (Fsp3) is 0.545. The highest BCUT2D eigenvalue weighted by molar-refractivity contribution is 5.13. The van der Waals surface area contributed by atoms with E-state index in [1.807, 2.05) is 25.1 Å². The lowest BCUT2D eigenvalue weighted by molar-refractivity contribution is 0.0884. The van der Waals surface area contributed by atoms with E-state index in [1.165, 1.54) is 0 Å². The number of aromatic nitrogens is 1. The van der Waals surface area contributed by atoms with E-state index in [4.69, 9.17) is 4.74 Å². The van der Waals surface area contributed by atoms with Gasteiger partial charge in [0.15, 0.2) is 0 Å². The molecule has 2 rings (SSSR count). The van der Waals surface area contributed by atoms with Crippen molar-refractivity contribution in [2.24, 2.45) is 5.92 Å². The van der Waals surface area contributed by atoms with E-state index in [1.54, 1.807) is 0 Å². The molecule has 1 aliphatic heterocycles. The van der Waals surface area contributed by atoms with Gasteiger partial charge in [0.2, 0.25) is 0 Å². The number of pyridine rings is 1. The molecule has 1 aromatic heterocycles. The molecule has 1 fully saturated rings. The summed E-state index contributed by atoms with van der Waals surface area (Å²) < 4.78 is 5.24. The van der Waals surface area contributed by atoms with Crippen LogP contribution in [0.3, 0.4) is 0 Å². The Labute approximate surface area is 83.7 Å². The lowest BCUT2D eigenvalue weighted by atomic mass is 9.99. The summed E-state index contributed by atoms with van der Waals surface area (Å²) >= 11 is 0. The molecular weight excluding hydrogens is 178 g/mol. The van der Waals surface area contributed by atoms with Gasteiger partial charge in [0.25, 0.3) is 0 Å². The molecule has 0 radical (unpaired) electrons. The lowest BCUT2D eigenvalue weighted by Crippen LogP contribution is -2.14. The zero-order chi connectivity index (χ0) is 9.97. The minimum atomic E-state index is -0.475. The van der Waals surface area contributed by atoms with E-state index < -0.39 is 6.10 Å². The summed E-state index contributed by atoms with van der Waals surface area (Å²) in [7, 11) is 0. The standard InChI is InChI=1S/C11H15NO2/c1-8-3-2-4-10(12-8)11(13)9-5-6-14-7-9/h2-4,9,11,13H,5-7H2,1H3. The molecule has 0 aromatic carbocycles. The average molecular weight is 193 g/mol. The second-order valence-electron chi connectivity index (χ2n) is 3.77. The second kappa shape index (κ2) is 4.07. The van der Waals surface area contributed by atoms with E-state index in [0.29, 0.717) is 6.61 Å². The monoisotopic (exact) mass is 193 g/mol. The first kappa shape index (κ1) is 9.62. The molecule has 1 N–H and O–H groups in total. The minimum absolute atomic E-state index is 0.212. The number of ether oxygens (including phenoxy) is 1. The first-order chi connectivity index (χ1) is 6.77. The van der Waals surface area contributed by atoms with Gasteiger partial charge in [-0.05, 0) is 25.5 Å². The molecule has 0 aliphatic carbocycles. The fourth-order valence-electron chi connectivity index (χ4n) is 1.77. The molecule has 0 spiro atoms. The van der Waals surface area contributed by atoms with Gasteiger partial charge >= 0.3 is 0 Å². The third kappa shape index (κ3) is 1.94. The van der Waals surface area contributed by atoms with Gasteiger partial charge in [0.1, 0.15) is 6.10 Å². The molecule has 0 bridgehead atoms. The van der Waals surface area contributed by atoms with Gasteiger partial charge in [-0.3, -0.25) is 4.98 Å². The molecule has 1 saturated heterocycles. The first-order valence-electron chi connectivity index (χ1n) is 4.97. The Morgan fingerprint density at radius 3 is 3.07 bits per heavy atom. The predicted octanol–water partition coefficient (Wildman–Crippen LogP) is 1.46. The van der Waals surface area contributed by atoms with Crippen molar-refractivity contribution in [2.45, 2.75) is 19.4 Å². The van der Waals surface area contributed by atoms with Crippen molar-refractivity contribution in [1.82, 2.24) is 4.98 Å². The maximum absolute atomic E-state index is 10.0. The van der Waals surface area contributed by atoms with Gasteiger partial charge in [0, 0.05) is 18.2 Å². The van der Waals surface area contributed by atoms with Crippen molar-refractivity contribution in [3.63, 3.8) is 0 Å². The summed E-state index contributed by atoms with van der Waals surface area (Å²) in [6, 6.07) is 5.73. The van der Waals surface area contributed by atoms with Crippen LogP contribution in [0.25, 0.3) is 0 Å². The third-order valence-electron chi connectivity index (χ3n) is 2.62. The molecule has 14 heavy (non-hydrogen) atoms. The second-order valence-corrected chi connectivity index (χ2v) is 3.77. The Hall–Kier alpha value is -0.930. The minimum Gasteiger partial charge on any atom is -0.386 e. The molecule has 2 unspecified atom stereocenters. The molecule has 1 aromatic rings. The molecule has 0 saturated carbocycles. The van der Waals surface area contributed by atoms with Crippen LogP contribution in [-0.4, -0.2) is 23.3 Å². The average Bonchev–Trinajstić information content (AvgIpc) is 2.69. The largest absolute Gasteiger partial charge is 0.386 e.